The number of nitrogens with zero attached hydrogens (tertiary/aromatic N) is 3. The smallest absolute Gasteiger partial charge is 0.412 e. The highest BCUT2D eigenvalue weighted by atomic mass is 19.1. The summed E-state index contributed by atoms with van der Waals surface area (Å²) < 4.78 is 26.0. The minimum atomic E-state index is -1.46. The van der Waals surface area contributed by atoms with Gasteiger partial charge in [-0.2, -0.15) is 0 Å². The van der Waals surface area contributed by atoms with Crippen molar-refractivity contribution in [2.45, 2.75) is 38.6 Å². The van der Waals surface area contributed by atoms with E-state index in [2.05, 4.69) is 25.9 Å². The summed E-state index contributed by atoms with van der Waals surface area (Å²) in [6.07, 6.45) is -1.10. The summed E-state index contributed by atoms with van der Waals surface area (Å²) in [5, 5.41) is 19.5. The molecule has 2 heterocycles. The molecule has 0 fully saturated rings. The van der Waals surface area contributed by atoms with Crippen LogP contribution in [0.2, 0.25) is 0 Å². The zero-order valence-electron chi connectivity index (χ0n) is 28.5. The van der Waals surface area contributed by atoms with Gasteiger partial charge < -0.3 is 24.9 Å². The molecule has 3 amide bonds. The number of aromatic nitrogens is 3. The van der Waals surface area contributed by atoms with Crippen LogP contribution in [0, 0.1) is 5.82 Å². The van der Waals surface area contributed by atoms with E-state index in [-0.39, 0.29) is 36.3 Å². The van der Waals surface area contributed by atoms with Gasteiger partial charge in [0, 0.05) is 17.7 Å². The van der Waals surface area contributed by atoms with Crippen molar-refractivity contribution in [2.24, 2.45) is 0 Å². The van der Waals surface area contributed by atoms with E-state index in [1.807, 2.05) is 36.4 Å². The van der Waals surface area contributed by atoms with Crippen LogP contribution in [0.1, 0.15) is 40.4 Å². The van der Waals surface area contributed by atoms with E-state index in [1.54, 1.807) is 49.4 Å². The molecule has 2 unspecified atom stereocenters. The van der Waals surface area contributed by atoms with Gasteiger partial charge in [0.25, 0.3) is 11.5 Å². The zero-order chi connectivity index (χ0) is 37.3. The fourth-order valence-electron chi connectivity index (χ4n) is 5.58. The number of carbonyl (C=O) groups is 3. The molecule has 6 rings (SSSR count). The molecule has 53 heavy (non-hydrogen) atoms. The van der Waals surface area contributed by atoms with Crippen LogP contribution in [0.15, 0.2) is 119 Å². The Kier molecular flexibility index (Phi) is 11.3. The lowest BCUT2D eigenvalue weighted by Gasteiger charge is -2.23. The van der Waals surface area contributed by atoms with Gasteiger partial charge in [-0.15, -0.1) is 0 Å². The highest BCUT2D eigenvalue weighted by molar-refractivity contribution is 5.97. The molecular formula is C39H35FN6O7. The molecular weight excluding hydrogens is 683 g/mol. The number of oxazole rings is 1. The largest absolute Gasteiger partial charge is 0.444 e. The molecule has 13 nitrogen and oxygen atoms in total. The average Bonchev–Trinajstić information content (AvgIpc) is 3.60. The molecule has 270 valence electrons. The average molecular weight is 719 g/mol. The number of amides is 3. The summed E-state index contributed by atoms with van der Waals surface area (Å²) in [7, 11) is 0. The number of hydrogen-bond acceptors (Lipinski definition) is 9. The molecule has 0 aliphatic heterocycles. The molecule has 2 aromatic heterocycles. The summed E-state index contributed by atoms with van der Waals surface area (Å²) in [5.74, 6) is -1.58. The van der Waals surface area contributed by atoms with Crippen LogP contribution in [0.3, 0.4) is 0 Å². The quantitative estimate of drug-likeness (QED) is 0.126. The van der Waals surface area contributed by atoms with Gasteiger partial charge in [-0.3, -0.25) is 24.3 Å². The van der Waals surface area contributed by atoms with Crippen molar-refractivity contribution in [3.05, 3.63) is 148 Å². The highest BCUT2D eigenvalue weighted by Gasteiger charge is 2.29. The highest BCUT2D eigenvalue weighted by Crippen LogP contribution is 2.25. The molecule has 0 radical (unpaired) electrons. The van der Waals surface area contributed by atoms with Gasteiger partial charge in [0.05, 0.1) is 12.2 Å². The van der Waals surface area contributed by atoms with E-state index >= 15 is 0 Å². The number of anilines is 1. The van der Waals surface area contributed by atoms with Crippen molar-refractivity contribution in [1.82, 2.24) is 25.2 Å². The summed E-state index contributed by atoms with van der Waals surface area (Å²) >= 11 is 0. The van der Waals surface area contributed by atoms with Crippen LogP contribution in [0.5, 0.6) is 0 Å². The second kappa shape index (κ2) is 16.6. The zero-order valence-corrected chi connectivity index (χ0v) is 28.5. The number of carbonyl (C=O) groups excluding carboxylic acids is 3. The van der Waals surface area contributed by atoms with Crippen LogP contribution >= 0.6 is 0 Å². The number of hydrogen-bond donors (Lipinski definition) is 4. The second-order valence-electron chi connectivity index (χ2n) is 12.0. The van der Waals surface area contributed by atoms with Gasteiger partial charge in [-0.05, 0) is 66.9 Å². The minimum Gasteiger partial charge on any atom is -0.444 e. The maximum Gasteiger partial charge on any atom is 0.412 e. The van der Waals surface area contributed by atoms with Gasteiger partial charge in [0.1, 0.15) is 36.0 Å². The lowest BCUT2D eigenvalue weighted by molar-refractivity contribution is -0.123. The van der Waals surface area contributed by atoms with Crippen LogP contribution in [-0.4, -0.2) is 50.1 Å². The standard InChI is InChI=1S/C39H35FN6O7/c1-2-41-36(49)27-15-18-32-29(20-27)44-37(53-32)34(48)30(19-24-9-5-3-6-10-24)43-33(47)22-46-35(26-13-16-28(40)17-14-26)42-21-31(38(46)50)45-39(51)52-23-25-11-7-4-8-12-25/h3-18,20-21,30,34,48H,2,19,22-23H2,1H3,(H,41,49)(H,43,47)(H,45,51). The van der Waals surface area contributed by atoms with Gasteiger partial charge in [0.2, 0.25) is 11.8 Å². The topological polar surface area (TPSA) is 178 Å². The number of nitrogens with one attached hydrogen (secondary N) is 3. The first-order valence-electron chi connectivity index (χ1n) is 16.7. The Balaban J connectivity index is 1.27. The third kappa shape index (κ3) is 8.98. The molecule has 14 heteroatoms. The molecule has 0 bridgehead atoms. The third-order valence-electron chi connectivity index (χ3n) is 8.18. The van der Waals surface area contributed by atoms with E-state index in [9.17, 15) is 28.7 Å². The van der Waals surface area contributed by atoms with Crippen molar-refractivity contribution in [2.75, 3.05) is 11.9 Å². The number of fused-ring (bicyclic) bond motifs is 1. The molecule has 0 spiro atoms. The summed E-state index contributed by atoms with van der Waals surface area (Å²) in [5.41, 5.74) is 1.81. The van der Waals surface area contributed by atoms with Crippen LogP contribution in [-0.2, 0) is 29.1 Å². The van der Waals surface area contributed by atoms with Crippen LogP contribution < -0.4 is 21.5 Å². The molecule has 0 saturated carbocycles. The Labute approximate surface area is 302 Å². The van der Waals surface area contributed by atoms with Gasteiger partial charge in [0.15, 0.2) is 11.7 Å². The molecule has 0 aliphatic rings. The predicted octanol–water partition coefficient (Wildman–Crippen LogP) is 5.15. The van der Waals surface area contributed by atoms with E-state index in [0.717, 1.165) is 21.9 Å². The van der Waals surface area contributed by atoms with Crippen molar-refractivity contribution >= 4 is 34.7 Å². The third-order valence-corrected chi connectivity index (χ3v) is 8.18. The minimum absolute atomic E-state index is 0.0235. The summed E-state index contributed by atoms with van der Waals surface area (Å²) in [6.45, 7) is 1.59. The first-order valence-corrected chi connectivity index (χ1v) is 16.7. The summed E-state index contributed by atoms with van der Waals surface area (Å²) in [4.78, 5) is 61.4. The molecule has 4 N–H and O–H groups in total. The monoisotopic (exact) mass is 718 g/mol. The number of aliphatic hydroxyl groups is 1. The van der Waals surface area contributed by atoms with Gasteiger partial charge >= 0.3 is 6.09 Å². The molecule has 4 aromatic carbocycles. The fraction of sp³-hybridized carbons (Fsp3) is 0.179. The van der Waals surface area contributed by atoms with Gasteiger partial charge in [-0.25, -0.2) is 19.2 Å². The summed E-state index contributed by atoms with van der Waals surface area (Å²) in [6, 6.07) is 26.9. The first-order chi connectivity index (χ1) is 25.7. The SMILES string of the molecule is CCNC(=O)c1ccc2oc(C(O)C(Cc3ccccc3)NC(=O)Cn3c(-c4ccc(F)cc4)ncc(NC(=O)OCc4ccccc4)c3=O)nc2c1. The van der Waals surface area contributed by atoms with Crippen molar-refractivity contribution < 1.29 is 33.0 Å². The molecule has 2 atom stereocenters. The first kappa shape index (κ1) is 36.1. The van der Waals surface area contributed by atoms with E-state index in [4.69, 9.17) is 9.15 Å². The maximum atomic E-state index is 13.8. The Hall–Kier alpha value is -6.67. The Bertz CT molecular complexity index is 2280. The number of halogens is 1. The normalized spacial score (nSPS) is 12.1. The van der Waals surface area contributed by atoms with Crippen molar-refractivity contribution in [3.63, 3.8) is 0 Å². The lowest BCUT2D eigenvalue weighted by atomic mass is 10.0. The fourth-order valence-corrected chi connectivity index (χ4v) is 5.58. The van der Waals surface area contributed by atoms with E-state index in [1.165, 1.54) is 24.3 Å². The molecule has 0 aliphatic carbocycles. The number of ether oxygens (including phenoxy) is 1. The van der Waals surface area contributed by atoms with Crippen molar-refractivity contribution in [3.8, 4) is 11.4 Å². The van der Waals surface area contributed by atoms with Crippen LogP contribution in [0.4, 0.5) is 14.9 Å². The Morgan fingerprint density at radius 1 is 0.943 bits per heavy atom. The Morgan fingerprint density at radius 3 is 2.34 bits per heavy atom. The van der Waals surface area contributed by atoms with Crippen molar-refractivity contribution in [1.29, 1.82) is 0 Å². The Morgan fingerprint density at radius 2 is 1.64 bits per heavy atom. The number of aliphatic hydroxyl groups excluding tert-OH is 1. The molecule has 0 saturated heterocycles. The number of rotatable bonds is 13. The number of benzene rings is 4. The maximum absolute atomic E-state index is 13.8. The molecule has 6 aromatic rings. The van der Waals surface area contributed by atoms with Gasteiger partial charge in [-0.1, -0.05) is 60.7 Å². The second-order valence-corrected chi connectivity index (χ2v) is 12.0. The van der Waals surface area contributed by atoms with E-state index in [0.29, 0.717) is 28.8 Å². The lowest BCUT2D eigenvalue weighted by Crippen LogP contribution is -2.44. The van der Waals surface area contributed by atoms with Crippen LogP contribution in [0.25, 0.3) is 22.5 Å². The van der Waals surface area contributed by atoms with E-state index < -0.39 is 42.1 Å². The predicted molar refractivity (Wildman–Crippen MR) is 193 cm³/mol.